The molecule has 5 N–H and O–H groups in total. The van der Waals surface area contributed by atoms with E-state index in [9.17, 15) is 5.11 Å². The minimum Gasteiger partial charge on any atom is -0.508 e. The molecule has 18 heavy (non-hydrogen) atoms. The van der Waals surface area contributed by atoms with Crippen LogP contribution in [0.25, 0.3) is 0 Å². The van der Waals surface area contributed by atoms with Crippen LogP contribution in [-0.2, 0) is 0 Å². The molecule has 0 radical (unpaired) electrons. The Hall–Kier alpha value is -2.36. The maximum Gasteiger partial charge on any atom is 0.124 e. The molecular formula is C14H16N2O2. The van der Waals surface area contributed by atoms with E-state index in [1.54, 1.807) is 30.3 Å². The molecule has 0 saturated heterocycles. The van der Waals surface area contributed by atoms with Crippen LogP contribution in [0.3, 0.4) is 0 Å². The Morgan fingerprint density at radius 1 is 1.06 bits per heavy atom. The number of anilines is 2. The Labute approximate surface area is 106 Å². The first-order chi connectivity index (χ1) is 8.58. The average Bonchev–Trinajstić information content (AvgIpc) is 2.34. The van der Waals surface area contributed by atoms with Crippen LogP contribution in [0.1, 0.15) is 18.6 Å². The van der Waals surface area contributed by atoms with Crippen LogP contribution < -0.4 is 16.2 Å². The number of hydrogen-bond acceptors (Lipinski definition) is 4. The van der Waals surface area contributed by atoms with Crippen molar-refractivity contribution < 1.29 is 9.84 Å². The highest BCUT2D eigenvalue weighted by molar-refractivity contribution is 5.65. The maximum atomic E-state index is 9.73. The van der Waals surface area contributed by atoms with Gasteiger partial charge in [-0.15, -0.1) is 0 Å². The van der Waals surface area contributed by atoms with Crippen LogP contribution >= 0.6 is 0 Å². The summed E-state index contributed by atoms with van der Waals surface area (Å²) in [5, 5.41) is 9.73. The summed E-state index contributed by atoms with van der Waals surface area (Å²) in [5.74, 6) is 0.839. The molecule has 1 unspecified atom stereocenters. The first-order valence-electron chi connectivity index (χ1n) is 5.67. The highest BCUT2D eigenvalue weighted by Crippen LogP contribution is 2.29. The molecule has 94 valence electrons. The summed E-state index contributed by atoms with van der Waals surface area (Å²) in [7, 11) is 0. The third kappa shape index (κ3) is 2.48. The molecule has 0 aromatic heterocycles. The maximum absolute atomic E-state index is 9.73. The fourth-order valence-electron chi connectivity index (χ4n) is 1.73. The van der Waals surface area contributed by atoms with Gasteiger partial charge < -0.3 is 21.3 Å². The van der Waals surface area contributed by atoms with E-state index in [2.05, 4.69) is 0 Å². The highest BCUT2D eigenvalue weighted by atomic mass is 16.5. The van der Waals surface area contributed by atoms with E-state index in [0.29, 0.717) is 17.1 Å². The summed E-state index contributed by atoms with van der Waals surface area (Å²) in [6.07, 6.45) is -0.269. The number of nitrogens with two attached hydrogens (primary N) is 2. The number of hydrogen-bond donors (Lipinski definition) is 3. The van der Waals surface area contributed by atoms with Crippen LogP contribution in [0.5, 0.6) is 11.5 Å². The lowest BCUT2D eigenvalue weighted by molar-refractivity contribution is 0.222. The van der Waals surface area contributed by atoms with E-state index < -0.39 is 0 Å². The molecule has 0 heterocycles. The lowest BCUT2D eigenvalue weighted by Crippen LogP contribution is -2.04. The summed E-state index contributed by atoms with van der Waals surface area (Å²) in [4.78, 5) is 0. The van der Waals surface area contributed by atoms with Crippen molar-refractivity contribution in [3.63, 3.8) is 0 Å². The van der Waals surface area contributed by atoms with Gasteiger partial charge in [-0.05, 0) is 25.1 Å². The molecular weight excluding hydrogens is 228 g/mol. The molecule has 1 atom stereocenters. The van der Waals surface area contributed by atoms with E-state index in [1.807, 2.05) is 19.1 Å². The lowest BCUT2D eigenvalue weighted by atomic mass is 10.1. The molecule has 4 nitrogen and oxygen atoms in total. The molecule has 4 heteroatoms. The zero-order valence-electron chi connectivity index (χ0n) is 10.1. The van der Waals surface area contributed by atoms with Gasteiger partial charge in [-0.1, -0.05) is 18.2 Å². The zero-order valence-corrected chi connectivity index (χ0v) is 10.1. The zero-order chi connectivity index (χ0) is 13.1. The third-order valence-corrected chi connectivity index (χ3v) is 2.75. The fraction of sp³-hybridized carbons (Fsp3) is 0.143. The number of nitrogen functional groups attached to an aromatic ring is 2. The van der Waals surface area contributed by atoms with E-state index in [-0.39, 0.29) is 11.9 Å². The van der Waals surface area contributed by atoms with E-state index in [1.165, 1.54) is 0 Å². The van der Waals surface area contributed by atoms with Gasteiger partial charge in [0.05, 0.1) is 11.4 Å². The van der Waals surface area contributed by atoms with Crippen molar-refractivity contribution in [3.8, 4) is 11.5 Å². The van der Waals surface area contributed by atoms with Crippen LogP contribution in [-0.4, -0.2) is 5.11 Å². The summed E-state index contributed by atoms with van der Waals surface area (Å²) in [5.41, 5.74) is 13.1. The van der Waals surface area contributed by atoms with Gasteiger partial charge in [-0.3, -0.25) is 0 Å². The Morgan fingerprint density at radius 2 is 1.78 bits per heavy atom. The van der Waals surface area contributed by atoms with E-state index in [4.69, 9.17) is 16.2 Å². The number of ether oxygens (including phenoxy) is 1. The first kappa shape index (κ1) is 12.1. The first-order valence-corrected chi connectivity index (χ1v) is 5.67. The van der Waals surface area contributed by atoms with Gasteiger partial charge in [0.2, 0.25) is 0 Å². The van der Waals surface area contributed by atoms with Crippen molar-refractivity contribution in [2.75, 3.05) is 11.5 Å². The second-order valence-electron chi connectivity index (χ2n) is 4.11. The van der Waals surface area contributed by atoms with Gasteiger partial charge in [0.1, 0.15) is 17.6 Å². The van der Waals surface area contributed by atoms with Gasteiger partial charge in [-0.25, -0.2) is 0 Å². The normalized spacial score (nSPS) is 12.1. The van der Waals surface area contributed by atoms with Crippen molar-refractivity contribution in [2.24, 2.45) is 0 Å². The number of phenols is 1. The molecule has 0 bridgehead atoms. The Bertz CT molecular complexity index is 555. The highest BCUT2D eigenvalue weighted by Gasteiger charge is 2.11. The van der Waals surface area contributed by atoms with Gasteiger partial charge in [0.15, 0.2) is 0 Å². The Balaban J connectivity index is 2.19. The second-order valence-corrected chi connectivity index (χ2v) is 4.11. The van der Waals surface area contributed by atoms with Gasteiger partial charge in [0, 0.05) is 11.6 Å². The van der Waals surface area contributed by atoms with Crippen molar-refractivity contribution in [1.82, 2.24) is 0 Å². The topological polar surface area (TPSA) is 81.5 Å². The molecule has 0 aliphatic heterocycles. The molecule has 2 aromatic rings. The number of rotatable bonds is 3. The Morgan fingerprint density at radius 3 is 2.44 bits per heavy atom. The summed E-state index contributed by atoms with van der Waals surface area (Å²) in [6, 6.07) is 12.2. The number of para-hydroxylation sites is 1. The van der Waals surface area contributed by atoms with E-state index in [0.717, 1.165) is 5.56 Å². The fourth-order valence-corrected chi connectivity index (χ4v) is 1.73. The Kier molecular flexibility index (Phi) is 3.28. The quantitative estimate of drug-likeness (QED) is 0.725. The lowest BCUT2D eigenvalue weighted by Gasteiger charge is -2.16. The molecule has 0 aliphatic carbocycles. The van der Waals surface area contributed by atoms with Crippen LogP contribution in [0.15, 0.2) is 42.5 Å². The molecule has 2 aromatic carbocycles. The summed E-state index contributed by atoms with van der Waals surface area (Å²) < 4.78 is 5.72. The predicted octanol–water partition coefficient (Wildman–Crippen LogP) is 2.70. The molecule has 0 aliphatic rings. The second kappa shape index (κ2) is 4.87. The molecule has 2 rings (SSSR count). The predicted molar refractivity (Wildman–Crippen MR) is 72.4 cm³/mol. The van der Waals surface area contributed by atoms with Gasteiger partial charge in [-0.2, -0.15) is 0 Å². The van der Waals surface area contributed by atoms with E-state index >= 15 is 0 Å². The number of benzene rings is 2. The average molecular weight is 244 g/mol. The van der Waals surface area contributed by atoms with Gasteiger partial charge in [0.25, 0.3) is 0 Å². The number of phenolic OH excluding ortho intramolecular Hbond substituents is 1. The summed E-state index contributed by atoms with van der Waals surface area (Å²) in [6.45, 7) is 1.86. The SMILES string of the molecule is CC(Oc1ccc(N)c(N)c1)c1ccccc1O. The van der Waals surface area contributed by atoms with Crippen molar-refractivity contribution >= 4 is 11.4 Å². The van der Waals surface area contributed by atoms with Crippen molar-refractivity contribution in [3.05, 3.63) is 48.0 Å². The molecule has 0 spiro atoms. The van der Waals surface area contributed by atoms with Crippen molar-refractivity contribution in [2.45, 2.75) is 13.0 Å². The van der Waals surface area contributed by atoms with Gasteiger partial charge >= 0.3 is 0 Å². The largest absolute Gasteiger partial charge is 0.508 e. The van der Waals surface area contributed by atoms with Crippen molar-refractivity contribution in [1.29, 1.82) is 0 Å². The van der Waals surface area contributed by atoms with Crippen LogP contribution in [0, 0.1) is 0 Å². The third-order valence-electron chi connectivity index (χ3n) is 2.75. The molecule has 0 saturated carbocycles. The monoisotopic (exact) mass is 244 g/mol. The molecule has 0 amide bonds. The van der Waals surface area contributed by atoms with Crippen LogP contribution in [0.4, 0.5) is 11.4 Å². The minimum atomic E-state index is -0.269. The smallest absolute Gasteiger partial charge is 0.124 e. The number of aromatic hydroxyl groups is 1. The summed E-state index contributed by atoms with van der Waals surface area (Å²) >= 11 is 0. The molecule has 0 fully saturated rings. The standard InChI is InChI=1S/C14H16N2O2/c1-9(11-4-2-3-5-14(11)17)18-10-6-7-12(15)13(16)8-10/h2-9,17H,15-16H2,1H3. The van der Waals surface area contributed by atoms with Crippen LogP contribution in [0.2, 0.25) is 0 Å². The minimum absolute atomic E-state index is 0.216.